The molecule has 1 atom stereocenters. The first-order valence-electron chi connectivity index (χ1n) is 10.0. The Labute approximate surface area is 163 Å². The highest BCUT2D eigenvalue weighted by atomic mass is 16.5. The maximum Gasteiger partial charge on any atom is 0.119 e. The van der Waals surface area contributed by atoms with Crippen LogP contribution < -0.4 is 4.74 Å². The molecule has 0 aromatic heterocycles. The molecule has 1 aliphatic rings. The van der Waals surface area contributed by atoms with E-state index in [0.717, 1.165) is 56.0 Å². The molecule has 0 amide bonds. The molecule has 142 valence electrons. The minimum Gasteiger partial charge on any atom is -0.493 e. The number of nitriles is 1. The van der Waals surface area contributed by atoms with E-state index < -0.39 is 0 Å². The van der Waals surface area contributed by atoms with Gasteiger partial charge < -0.3 is 9.64 Å². The van der Waals surface area contributed by atoms with Crippen LogP contribution in [-0.4, -0.2) is 31.1 Å². The number of hydrogen-bond donors (Lipinski definition) is 0. The number of aryl methyl sites for hydroxylation is 2. The van der Waals surface area contributed by atoms with E-state index >= 15 is 0 Å². The molecule has 1 saturated heterocycles. The summed E-state index contributed by atoms with van der Waals surface area (Å²) in [6.07, 6.45) is 3.19. The maximum absolute atomic E-state index is 9.37. The second-order valence-electron chi connectivity index (χ2n) is 7.72. The Morgan fingerprint density at radius 3 is 2.67 bits per heavy atom. The number of rotatable bonds is 7. The van der Waals surface area contributed by atoms with Crippen LogP contribution in [0.3, 0.4) is 0 Å². The van der Waals surface area contributed by atoms with Gasteiger partial charge in [0.15, 0.2) is 0 Å². The van der Waals surface area contributed by atoms with Gasteiger partial charge in [-0.25, -0.2) is 0 Å². The minimum atomic E-state index is 0.601. The second-order valence-corrected chi connectivity index (χ2v) is 7.72. The van der Waals surface area contributed by atoms with Crippen molar-refractivity contribution in [2.45, 2.75) is 40.0 Å². The van der Waals surface area contributed by atoms with Gasteiger partial charge in [0.1, 0.15) is 5.75 Å². The summed E-state index contributed by atoms with van der Waals surface area (Å²) in [5, 5.41) is 9.37. The monoisotopic (exact) mass is 362 g/mol. The molecule has 0 aliphatic carbocycles. The average Bonchev–Trinajstić information content (AvgIpc) is 3.14. The van der Waals surface area contributed by atoms with Crippen LogP contribution in [0.15, 0.2) is 36.4 Å². The fourth-order valence-corrected chi connectivity index (χ4v) is 3.80. The van der Waals surface area contributed by atoms with E-state index in [0.29, 0.717) is 5.92 Å². The highest BCUT2D eigenvalue weighted by Gasteiger charge is 2.23. The largest absolute Gasteiger partial charge is 0.493 e. The molecule has 3 heteroatoms. The second kappa shape index (κ2) is 9.06. The van der Waals surface area contributed by atoms with Crippen LogP contribution in [0.2, 0.25) is 0 Å². The zero-order chi connectivity index (χ0) is 19.2. The Kier molecular flexibility index (Phi) is 6.53. The summed E-state index contributed by atoms with van der Waals surface area (Å²) >= 11 is 0. The molecule has 3 rings (SSSR count). The normalized spacial score (nSPS) is 17.0. The molecule has 1 heterocycles. The number of ether oxygens (including phenoxy) is 1. The highest BCUT2D eigenvalue weighted by molar-refractivity contribution is 5.45. The van der Waals surface area contributed by atoms with Gasteiger partial charge in [0.25, 0.3) is 0 Å². The van der Waals surface area contributed by atoms with E-state index in [-0.39, 0.29) is 0 Å². The van der Waals surface area contributed by atoms with Crippen LogP contribution in [0.4, 0.5) is 0 Å². The van der Waals surface area contributed by atoms with Crippen molar-refractivity contribution in [1.82, 2.24) is 4.90 Å². The van der Waals surface area contributed by atoms with Crippen LogP contribution in [0.1, 0.15) is 41.2 Å². The number of benzene rings is 2. The van der Waals surface area contributed by atoms with Gasteiger partial charge in [0.05, 0.1) is 18.2 Å². The summed E-state index contributed by atoms with van der Waals surface area (Å²) in [5.74, 6) is 1.57. The smallest absolute Gasteiger partial charge is 0.119 e. The SMILES string of the molecule is CCc1cc(C#N)c(C)c(CCN2CCC(COc3ccc(C)cc3)C2)c1. The third-order valence-corrected chi connectivity index (χ3v) is 5.68. The quantitative estimate of drug-likeness (QED) is 0.717. The lowest BCUT2D eigenvalue weighted by molar-refractivity contribution is 0.241. The first-order chi connectivity index (χ1) is 13.1. The van der Waals surface area contributed by atoms with E-state index in [2.05, 4.69) is 62.1 Å². The molecule has 2 aromatic rings. The lowest BCUT2D eigenvalue weighted by Crippen LogP contribution is -2.25. The molecular formula is C24H30N2O. The van der Waals surface area contributed by atoms with Gasteiger partial charge in [-0.1, -0.05) is 30.7 Å². The number of likely N-dealkylation sites (tertiary alicyclic amines) is 1. The predicted octanol–water partition coefficient (Wildman–Crippen LogP) is 4.68. The molecule has 0 bridgehead atoms. The molecule has 0 N–H and O–H groups in total. The van der Waals surface area contributed by atoms with Crippen molar-refractivity contribution in [2.24, 2.45) is 5.92 Å². The van der Waals surface area contributed by atoms with E-state index in [1.807, 2.05) is 6.07 Å². The summed E-state index contributed by atoms with van der Waals surface area (Å²) in [6, 6.07) is 15.0. The highest BCUT2D eigenvalue weighted by Crippen LogP contribution is 2.22. The molecular weight excluding hydrogens is 332 g/mol. The number of hydrogen-bond acceptors (Lipinski definition) is 3. The van der Waals surface area contributed by atoms with Crippen LogP contribution in [0.5, 0.6) is 5.75 Å². The predicted molar refractivity (Wildman–Crippen MR) is 110 cm³/mol. The van der Waals surface area contributed by atoms with Gasteiger partial charge in [0.2, 0.25) is 0 Å². The first-order valence-corrected chi connectivity index (χ1v) is 10.0. The fraction of sp³-hybridized carbons (Fsp3) is 0.458. The van der Waals surface area contributed by atoms with Crippen molar-refractivity contribution in [3.63, 3.8) is 0 Å². The van der Waals surface area contributed by atoms with Crippen LogP contribution >= 0.6 is 0 Å². The molecule has 1 fully saturated rings. The Morgan fingerprint density at radius 1 is 1.19 bits per heavy atom. The molecule has 0 radical (unpaired) electrons. The maximum atomic E-state index is 9.37. The van der Waals surface area contributed by atoms with Crippen LogP contribution in [0, 0.1) is 31.1 Å². The average molecular weight is 363 g/mol. The third-order valence-electron chi connectivity index (χ3n) is 5.68. The van der Waals surface area contributed by atoms with E-state index in [1.54, 1.807) is 0 Å². The van der Waals surface area contributed by atoms with Gasteiger partial charge >= 0.3 is 0 Å². The third kappa shape index (κ3) is 5.11. The zero-order valence-electron chi connectivity index (χ0n) is 16.8. The van der Waals surface area contributed by atoms with E-state index in [4.69, 9.17) is 4.74 Å². The van der Waals surface area contributed by atoms with Gasteiger partial charge in [-0.3, -0.25) is 0 Å². The van der Waals surface area contributed by atoms with E-state index in [9.17, 15) is 5.26 Å². The molecule has 2 aromatic carbocycles. The van der Waals surface area contributed by atoms with Gasteiger partial charge in [-0.2, -0.15) is 5.26 Å². The molecule has 3 nitrogen and oxygen atoms in total. The van der Waals surface area contributed by atoms with Gasteiger partial charge in [0, 0.05) is 19.0 Å². The lowest BCUT2D eigenvalue weighted by Gasteiger charge is -2.18. The number of nitrogens with zero attached hydrogens (tertiary/aromatic N) is 2. The van der Waals surface area contributed by atoms with Crippen molar-refractivity contribution in [1.29, 1.82) is 5.26 Å². The molecule has 0 saturated carbocycles. The van der Waals surface area contributed by atoms with Crippen LogP contribution in [-0.2, 0) is 12.8 Å². The van der Waals surface area contributed by atoms with Crippen molar-refractivity contribution in [3.8, 4) is 11.8 Å². The molecule has 1 unspecified atom stereocenters. The summed E-state index contributed by atoms with van der Waals surface area (Å²) in [6.45, 7) is 10.4. The Hall–Kier alpha value is -2.31. The molecule has 1 aliphatic heterocycles. The summed E-state index contributed by atoms with van der Waals surface area (Å²) in [5.41, 5.74) is 5.82. The molecule has 27 heavy (non-hydrogen) atoms. The lowest BCUT2D eigenvalue weighted by atomic mass is 9.96. The summed E-state index contributed by atoms with van der Waals surface area (Å²) in [4.78, 5) is 2.53. The summed E-state index contributed by atoms with van der Waals surface area (Å²) < 4.78 is 5.97. The Bertz CT molecular complexity index is 804. The Balaban J connectivity index is 1.50. The molecule has 0 spiro atoms. The summed E-state index contributed by atoms with van der Waals surface area (Å²) in [7, 11) is 0. The topological polar surface area (TPSA) is 36.3 Å². The van der Waals surface area contributed by atoms with Crippen molar-refractivity contribution < 1.29 is 4.74 Å². The zero-order valence-corrected chi connectivity index (χ0v) is 16.8. The van der Waals surface area contributed by atoms with E-state index in [1.165, 1.54) is 23.1 Å². The first kappa shape index (κ1) is 19.5. The van der Waals surface area contributed by atoms with Gasteiger partial charge in [-0.15, -0.1) is 0 Å². The minimum absolute atomic E-state index is 0.601. The standard InChI is InChI=1S/C24H30N2O/c1-4-20-13-22(19(3)23(14-20)15-25)10-12-26-11-9-21(16-26)17-27-24-7-5-18(2)6-8-24/h5-8,13-14,21H,4,9-12,16-17H2,1-3H3. The Morgan fingerprint density at radius 2 is 1.96 bits per heavy atom. The fourth-order valence-electron chi connectivity index (χ4n) is 3.80. The van der Waals surface area contributed by atoms with Crippen molar-refractivity contribution in [2.75, 3.05) is 26.2 Å². The van der Waals surface area contributed by atoms with Gasteiger partial charge in [-0.05, 0) is 74.5 Å². The van der Waals surface area contributed by atoms with Crippen molar-refractivity contribution >= 4 is 0 Å². The van der Waals surface area contributed by atoms with Crippen molar-refractivity contribution in [3.05, 3.63) is 64.2 Å². The van der Waals surface area contributed by atoms with Crippen LogP contribution in [0.25, 0.3) is 0 Å².